The summed E-state index contributed by atoms with van der Waals surface area (Å²) in [5.74, 6) is 1.86. The number of aryl methyl sites for hydroxylation is 1. The summed E-state index contributed by atoms with van der Waals surface area (Å²) >= 11 is 0. The molecule has 0 spiro atoms. The van der Waals surface area contributed by atoms with Gasteiger partial charge in [0.2, 0.25) is 0 Å². The van der Waals surface area contributed by atoms with Crippen LogP contribution in [0.2, 0.25) is 0 Å². The van der Waals surface area contributed by atoms with E-state index in [9.17, 15) is 0 Å². The molecule has 0 unspecified atom stereocenters. The fraction of sp³-hybridized carbons (Fsp3) is 0.438. The Bertz CT molecular complexity index is 564. The van der Waals surface area contributed by atoms with Crippen LogP contribution in [0.5, 0.6) is 5.75 Å². The number of imidazole rings is 1. The zero-order valence-electron chi connectivity index (χ0n) is 12.7. The summed E-state index contributed by atoms with van der Waals surface area (Å²) < 4.78 is 7.90. The van der Waals surface area contributed by atoms with E-state index in [2.05, 4.69) is 9.55 Å². The zero-order chi connectivity index (χ0) is 14.8. The molecule has 4 nitrogen and oxygen atoms in total. The molecule has 0 aliphatic rings. The Morgan fingerprint density at radius 2 is 1.85 bits per heavy atom. The number of benzene rings is 1. The van der Waals surface area contributed by atoms with E-state index in [-0.39, 0.29) is 5.60 Å². The van der Waals surface area contributed by atoms with Crippen LogP contribution in [0.1, 0.15) is 26.6 Å². The maximum Gasteiger partial charge on any atom is 0.120 e. The molecule has 0 aliphatic carbocycles. The Balaban J connectivity index is 2.19. The number of aromatic nitrogens is 2. The largest absolute Gasteiger partial charge is 0.488 e. The highest BCUT2D eigenvalue weighted by atomic mass is 16.5. The molecule has 0 bridgehead atoms. The molecular weight excluding hydrogens is 250 g/mol. The fourth-order valence-corrected chi connectivity index (χ4v) is 2.06. The number of ether oxygens (including phenoxy) is 1. The number of nitrogens with two attached hydrogens (primary N) is 1. The molecule has 0 radical (unpaired) electrons. The molecule has 0 saturated heterocycles. The summed E-state index contributed by atoms with van der Waals surface area (Å²) in [6.07, 6.45) is 2.04. The van der Waals surface area contributed by atoms with Crippen molar-refractivity contribution < 1.29 is 4.74 Å². The maximum atomic E-state index is 5.82. The third kappa shape index (κ3) is 3.61. The molecule has 0 amide bonds. The minimum absolute atomic E-state index is 0.180. The second-order valence-corrected chi connectivity index (χ2v) is 5.89. The summed E-state index contributed by atoms with van der Waals surface area (Å²) in [5.41, 5.74) is 7.47. The number of hydrogen-bond donors (Lipinski definition) is 1. The van der Waals surface area contributed by atoms with E-state index in [1.165, 1.54) is 0 Å². The lowest BCUT2D eigenvalue weighted by atomic mass is 10.1. The summed E-state index contributed by atoms with van der Waals surface area (Å²) in [7, 11) is 0. The summed E-state index contributed by atoms with van der Waals surface area (Å²) in [6, 6.07) is 8.04. The number of nitrogens with zero attached hydrogens (tertiary/aromatic N) is 2. The van der Waals surface area contributed by atoms with Crippen molar-refractivity contribution in [1.82, 2.24) is 9.55 Å². The average Bonchev–Trinajstić information content (AvgIpc) is 2.70. The van der Waals surface area contributed by atoms with Gasteiger partial charge >= 0.3 is 0 Å². The molecular formula is C16H23N3O. The van der Waals surface area contributed by atoms with Crippen LogP contribution in [-0.4, -0.2) is 21.7 Å². The first-order valence-corrected chi connectivity index (χ1v) is 6.92. The van der Waals surface area contributed by atoms with Crippen LogP contribution in [0.15, 0.2) is 30.5 Å². The molecule has 0 saturated carbocycles. The van der Waals surface area contributed by atoms with Crippen molar-refractivity contribution in [3.05, 3.63) is 36.3 Å². The first kappa shape index (κ1) is 14.6. The normalized spacial score (nSPS) is 11.7. The van der Waals surface area contributed by atoms with Gasteiger partial charge in [0, 0.05) is 24.8 Å². The van der Waals surface area contributed by atoms with Crippen molar-refractivity contribution in [2.75, 3.05) is 6.54 Å². The Morgan fingerprint density at radius 3 is 2.40 bits per heavy atom. The zero-order valence-corrected chi connectivity index (χ0v) is 12.7. The van der Waals surface area contributed by atoms with E-state index >= 15 is 0 Å². The third-order valence-electron chi connectivity index (χ3n) is 2.92. The van der Waals surface area contributed by atoms with Crippen molar-refractivity contribution in [1.29, 1.82) is 0 Å². The van der Waals surface area contributed by atoms with Crippen molar-refractivity contribution in [2.24, 2.45) is 5.73 Å². The molecule has 2 aromatic rings. The van der Waals surface area contributed by atoms with Gasteiger partial charge in [-0.2, -0.15) is 0 Å². The molecule has 0 fully saturated rings. The fourth-order valence-electron chi connectivity index (χ4n) is 2.06. The quantitative estimate of drug-likeness (QED) is 0.931. The van der Waals surface area contributed by atoms with Gasteiger partial charge in [0.15, 0.2) is 0 Å². The van der Waals surface area contributed by atoms with Gasteiger partial charge in [0.1, 0.15) is 17.2 Å². The average molecular weight is 273 g/mol. The van der Waals surface area contributed by atoms with Gasteiger partial charge in [0.25, 0.3) is 0 Å². The minimum atomic E-state index is -0.180. The van der Waals surface area contributed by atoms with E-state index in [1.807, 2.05) is 58.2 Å². The Kier molecular flexibility index (Phi) is 4.14. The highest BCUT2D eigenvalue weighted by Gasteiger charge is 2.12. The van der Waals surface area contributed by atoms with E-state index in [4.69, 9.17) is 10.5 Å². The topological polar surface area (TPSA) is 53.1 Å². The highest BCUT2D eigenvalue weighted by molar-refractivity contribution is 5.59. The van der Waals surface area contributed by atoms with Crippen LogP contribution in [0.3, 0.4) is 0 Å². The van der Waals surface area contributed by atoms with Gasteiger partial charge in [-0.3, -0.25) is 0 Å². The molecule has 0 atom stereocenters. The SMILES string of the molecule is Cc1nc(-c2ccc(OC(C)(C)C)cc2)cn1CCN. The molecule has 1 aromatic heterocycles. The predicted molar refractivity (Wildman–Crippen MR) is 81.8 cm³/mol. The molecule has 2 rings (SSSR count). The smallest absolute Gasteiger partial charge is 0.120 e. The highest BCUT2D eigenvalue weighted by Crippen LogP contribution is 2.24. The predicted octanol–water partition coefficient (Wildman–Crippen LogP) is 2.99. The van der Waals surface area contributed by atoms with Gasteiger partial charge in [-0.15, -0.1) is 0 Å². The molecule has 1 heterocycles. The molecule has 2 N–H and O–H groups in total. The van der Waals surface area contributed by atoms with Gasteiger partial charge < -0.3 is 15.0 Å². The van der Waals surface area contributed by atoms with E-state index in [0.29, 0.717) is 6.54 Å². The van der Waals surface area contributed by atoms with Crippen LogP contribution >= 0.6 is 0 Å². The van der Waals surface area contributed by atoms with Crippen molar-refractivity contribution in [2.45, 2.75) is 39.8 Å². The van der Waals surface area contributed by atoms with Crippen LogP contribution < -0.4 is 10.5 Å². The van der Waals surface area contributed by atoms with Crippen LogP contribution in [-0.2, 0) is 6.54 Å². The second-order valence-electron chi connectivity index (χ2n) is 5.89. The van der Waals surface area contributed by atoms with Crippen molar-refractivity contribution in [3.8, 4) is 17.0 Å². The van der Waals surface area contributed by atoms with Gasteiger partial charge in [-0.1, -0.05) is 0 Å². The number of hydrogen-bond acceptors (Lipinski definition) is 3. The van der Waals surface area contributed by atoms with Crippen molar-refractivity contribution in [3.63, 3.8) is 0 Å². The Labute approximate surface area is 120 Å². The van der Waals surface area contributed by atoms with E-state index in [1.54, 1.807) is 0 Å². The maximum absolute atomic E-state index is 5.82. The third-order valence-corrected chi connectivity index (χ3v) is 2.92. The van der Waals surface area contributed by atoms with Gasteiger partial charge in [-0.25, -0.2) is 4.98 Å². The lowest BCUT2D eigenvalue weighted by molar-refractivity contribution is 0.131. The molecule has 20 heavy (non-hydrogen) atoms. The Morgan fingerprint density at radius 1 is 1.20 bits per heavy atom. The van der Waals surface area contributed by atoms with Crippen LogP contribution in [0.25, 0.3) is 11.3 Å². The molecule has 108 valence electrons. The first-order chi connectivity index (χ1) is 9.39. The molecule has 4 heteroatoms. The minimum Gasteiger partial charge on any atom is -0.488 e. The first-order valence-electron chi connectivity index (χ1n) is 6.92. The monoisotopic (exact) mass is 273 g/mol. The van der Waals surface area contributed by atoms with E-state index in [0.717, 1.165) is 29.4 Å². The van der Waals surface area contributed by atoms with Crippen LogP contribution in [0, 0.1) is 6.92 Å². The summed E-state index contributed by atoms with van der Waals surface area (Å²) in [5, 5.41) is 0. The second kappa shape index (κ2) is 5.67. The molecule has 0 aliphatic heterocycles. The standard InChI is InChI=1S/C16H23N3O/c1-12-18-15(11-19(12)10-9-17)13-5-7-14(8-6-13)20-16(2,3)4/h5-8,11H,9-10,17H2,1-4H3. The van der Waals surface area contributed by atoms with Gasteiger partial charge in [-0.05, 0) is 52.0 Å². The summed E-state index contributed by atoms with van der Waals surface area (Å²) in [4.78, 5) is 4.57. The number of rotatable bonds is 4. The van der Waals surface area contributed by atoms with E-state index < -0.39 is 0 Å². The van der Waals surface area contributed by atoms with Crippen molar-refractivity contribution >= 4 is 0 Å². The van der Waals surface area contributed by atoms with Gasteiger partial charge in [0.05, 0.1) is 5.69 Å². The lowest BCUT2D eigenvalue weighted by Gasteiger charge is -2.21. The molecule has 1 aromatic carbocycles. The lowest BCUT2D eigenvalue weighted by Crippen LogP contribution is -2.22. The summed E-state index contributed by atoms with van der Waals surface area (Å²) in [6.45, 7) is 9.53. The van der Waals surface area contributed by atoms with Crippen LogP contribution in [0.4, 0.5) is 0 Å². The Hall–Kier alpha value is -1.81.